The van der Waals surface area contributed by atoms with Crippen molar-refractivity contribution in [1.82, 2.24) is 0 Å². The Morgan fingerprint density at radius 3 is 2.24 bits per heavy atom. The molecular weight excluding hydrogens is 538 g/mol. The Labute approximate surface area is 252 Å². The van der Waals surface area contributed by atoms with Crippen LogP contribution in [0.15, 0.2) is 49.1 Å². The second-order valence-electron chi connectivity index (χ2n) is 11.7. The normalized spacial score (nSPS) is 26.5. The molecule has 0 aromatic heterocycles. The molecule has 0 saturated carbocycles. The largest absolute Gasteiger partial charge is 0.462 e. The second-order valence-corrected chi connectivity index (χ2v) is 11.7. The lowest BCUT2D eigenvalue weighted by Gasteiger charge is -2.38. The number of allylic oxidation sites excluding steroid dienone is 4. The molecule has 1 heterocycles. The monoisotopic (exact) mass is 593 g/mol. The van der Waals surface area contributed by atoms with E-state index in [0.29, 0.717) is 25.7 Å². The lowest BCUT2D eigenvalue weighted by Crippen LogP contribution is -2.48. The third kappa shape index (κ3) is 12.4. The fourth-order valence-electron chi connectivity index (χ4n) is 5.46. The minimum atomic E-state index is -0.869. The maximum atomic E-state index is 12.3. The Morgan fingerprint density at radius 2 is 1.67 bits per heavy atom. The van der Waals surface area contributed by atoms with E-state index in [1.54, 1.807) is 19.3 Å². The molecule has 0 aromatic carbocycles. The van der Waals surface area contributed by atoms with Gasteiger partial charge >= 0.3 is 12.1 Å². The molecule has 240 valence electrons. The van der Waals surface area contributed by atoms with Gasteiger partial charge in [0.1, 0.15) is 19.0 Å². The van der Waals surface area contributed by atoms with Crippen molar-refractivity contribution in [3.63, 3.8) is 0 Å². The van der Waals surface area contributed by atoms with Crippen LogP contribution < -0.4 is 5.73 Å². The molecule has 9 heteroatoms. The first kappa shape index (κ1) is 37.6. The minimum Gasteiger partial charge on any atom is -0.462 e. The number of rotatable bonds is 19. The molecule has 0 spiro atoms. The molecule has 0 radical (unpaired) electrons. The van der Waals surface area contributed by atoms with Crippen molar-refractivity contribution in [2.75, 3.05) is 13.9 Å². The molecular formula is C33H55NO8. The quantitative estimate of drug-likeness (QED) is 0.0792. The van der Waals surface area contributed by atoms with Crippen LogP contribution in [0.4, 0.5) is 4.79 Å². The lowest BCUT2D eigenvalue weighted by atomic mass is 9.84. The van der Waals surface area contributed by atoms with E-state index in [2.05, 4.69) is 6.58 Å². The molecule has 9 nitrogen and oxygen atoms in total. The van der Waals surface area contributed by atoms with Crippen LogP contribution in [0, 0.1) is 35.5 Å². The van der Waals surface area contributed by atoms with Gasteiger partial charge in [-0.15, -0.1) is 0 Å². The molecule has 4 N–H and O–H groups in total. The van der Waals surface area contributed by atoms with Crippen LogP contribution in [0.3, 0.4) is 0 Å². The summed E-state index contributed by atoms with van der Waals surface area (Å²) < 4.78 is 21.7. The number of cyclic esters (lactones) is 1. The van der Waals surface area contributed by atoms with Crippen LogP contribution in [0.2, 0.25) is 0 Å². The smallest absolute Gasteiger partial charge is 0.404 e. The van der Waals surface area contributed by atoms with E-state index in [1.807, 2.05) is 71.9 Å². The number of nitrogens with two attached hydrogens (primary N) is 1. The van der Waals surface area contributed by atoms with Crippen molar-refractivity contribution in [1.29, 1.82) is 0 Å². The van der Waals surface area contributed by atoms with Gasteiger partial charge in [-0.25, -0.2) is 4.79 Å². The SMILES string of the molecule is C=C/C=C\[C@H](C)[C@H](OC(N)=O)[C@@H](C)[C@H](O)CC/C=C\[C@H](C)[C@@H](O)[C@@H](C)/C=C\CC[C@@H]1OC(=O)[C@H](C)[C@@H](OCOC)[C@@H]1C. The second kappa shape index (κ2) is 19.7. The summed E-state index contributed by atoms with van der Waals surface area (Å²) in [5.74, 6) is -1.16. The first-order valence-corrected chi connectivity index (χ1v) is 15.1. The van der Waals surface area contributed by atoms with E-state index in [4.69, 9.17) is 24.7 Å². The van der Waals surface area contributed by atoms with Crippen LogP contribution in [-0.4, -0.2) is 66.7 Å². The summed E-state index contributed by atoms with van der Waals surface area (Å²) >= 11 is 0. The number of methoxy groups -OCH3 is 1. The Bertz CT molecular complexity index is 902. The molecule has 11 atom stereocenters. The number of aliphatic hydroxyl groups is 2. The number of ether oxygens (including phenoxy) is 4. The minimum absolute atomic E-state index is 0.0509. The zero-order chi connectivity index (χ0) is 31.8. The van der Waals surface area contributed by atoms with Crippen molar-refractivity contribution in [3.8, 4) is 0 Å². The number of esters is 1. The molecule has 1 saturated heterocycles. The summed E-state index contributed by atoms with van der Waals surface area (Å²) in [4.78, 5) is 23.7. The number of primary amides is 1. The predicted octanol–water partition coefficient (Wildman–Crippen LogP) is 5.32. The topological polar surface area (TPSA) is 138 Å². The van der Waals surface area contributed by atoms with E-state index in [0.717, 1.165) is 0 Å². The van der Waals surface area contributed by atoms with E-state index >= 15 is 0 Å². The maximum Gasteiger partial charge on any atom is 0.404 e. The van der Waals surface area contributed by atoms with Crippen molar-refractivity contribution < 1.29 is 38.7 Å². The summed E-state index contributed by atoms with van der Waals surface area (Å²) in [5, 5.41) is 21.6. The number of carbonyl (C=O) groups excluding carboxylic acids is 2. The van der Waals surface area contributed by atoms with Crippen LogP contribution in [0.1, 0.15) is 67.2 Å². The Morgan fingerprint density at radius 1 is 1.05 bits per heavy atom. The molecule has 0 bridgehead atoms. The molecule has 1 fully saturated rings. The summed E-state index contributed by atoms with van der Waals surface area (Å²) in [6, 6.07) is 0. The number of aliphatic hydroxyl groups excluding tert-OH is 2. The van der Waals surface area contributed by atoms with E-state index in [1.165, 1.54) is 0 Å². The fraction of sp³-hybridized carbons (Fsp3) is 0.697. The van der Waals surface area contributed by atoms with Gasteiger partial charge in [0.05, 0.1) is 24.2 Å². The standard InChI is InChI=1S/C33H55NO8/c1-9-10-15-23(4)30(42-33(34)38)24(5)27(35)18-13-11-16-21(2)29(36)22(3)17-12-14-19-28-25(6)31(40-20-39-8)26(7)32(37)41-28/h9-12,15-17,21-31,35-36H,1,13-14,18-20H2,2-8H3,(H2,34,38)/b15-10-,16-11-,17-12-/t21-,22-,23-,24-,25+,26+,27+,28-,29+,30-,31-/m0/s1. The van der Waals surface area contributed by atoms with E-state index in [-0.39, 0.29) is 60.5 Å². The summed E-state index contributed by atoms with van der Waals surface area (Å²) in [5.41, 5.74) is 5.26. The average molecular weight is 594 g/mol. The van der Waals surface area contributed by atoms with Gasteiger partial charge < -0.3 is 34.9 Å². The van der Waals surface area contributed by atoms with Gasteiger partial charge in [-0.2, -0.15) is 0 Å². The molecule has 0 aliphatic carbocycles. The van der Waals surface area contributed by atoms with Gasteiger partial charge in [-0.1, -0.05) is 83.7 Å². The third-order valence-corrected chi connectivity index (χ3v) is 8.27. The first-order valence-electron chi connectivity index (χ1n) is 15.1. The van der Waals surface area contributed by atoms with Crippen LogP contribution in [0.5, 0.6) is 0 Å². The molecule has 1 aliphatic rings. The highest BCUT2D eigenvalue weighted by molar-refractivity contribution is 5.73. The van der Waals surface area contributed by atoms with Crippen molar-refractivity contribution in [2.24, 2.45) is 41.2 Å². The van der Waals surface area contributed by atoms with Crippen LogP contribution >= 0.6 is 0 Å². The zero-order valence-corrected chi connectivity index (χ0v) is 26.6. The van der Waals surface area contributed by atoms with Crippen LogP contribution in [0.25, 0.3) is 0 Å². The maximum absolute atomic E-state index is 12.3. The van der Waals surface area contributed by atoms with Gasteiger partial charge in [0, 0.05) is 36.7 Å². The van der Waals surface area contributed by atoms with Gasteiger partial charge in [0.25, 0.3) is 0 Å². The summed E-state index contributed by atoms with van der Waals surface area (Å²) in [6.07, 6.45) is 12.5. The van der Waals surface area contributed by atoms with E-state index in [9.17, 15) is 19.8 Å². The lowest BCUT2D eigenvalue weighted by molar-refractivity contribution is -0.194. The highest BCUT2D eigenvalue weighted by atomic mass is 16.7. The Hall–Kier alpha value is -2.46. The molecule has 0 unspecified atom stereocenters. The van der Waals surface area contributed by atoms with Crippen molar-refractivity contribution in [3.05, 3.63) is 49.1 Å². The molecule has 42 heavy (non-hydrogen) atoms. The van der Waals surface area contributed by atoms with Gasteiger partial charge in [0.2, 0.25) is 0 Å². The third-order valence-electron chi connectivity index (χ3n) is 8.27. The van der Waals surface area contributed by atoms with Crippen molar-refractivity contribution in [2.45, 2.75) is 97.7 Å². The fourth-order valence-corrected chi connectivity index (χ4v) is 5.46. The molecule has 1 aliphatic heterocycles. The highest BCUT2D eigenvalue weighted by Crippen LogP contribution is 2.31. The predicted molar refractivity (Wildman–Crippen MR) is 164 cm³/mol. The first-order chi connectivity index (χ1) is 19.8. The molecule has 1 rings (SSSR count). The zero-order valence-electron chi connectivity index (χ0n) is 26.6. The van der Waals surface area contributed by atoms with Gasteiger partial charge in [-0.05, 0) is 32.6 Å². The number of carbonyl (C=O) groups is 2. The summed E-state index contributed by atoms with van der Waals surface area (Å²) in [7, 11) is 1.56. The number of hydrogen-bond acceptors (Lipinski definition) is 8. The van der Waals surface area contributed by atoms with Gasteiger partial charge in [-0.3, -0.25) is 4.79 Å². The number of amides is 1. The Balaban J connectivity index is 2.55. The summed E-state index contributed by atoms with van der Waals surface area (Å²) in [6.45, 7) is 15.3. The molecule has 1 amide bonds. The van der Waals surface area contributed by atoms with Crippen molar-refractivity contribution >= 4 is 12.1 Å². The highest BCUT2D eigenvalue weighted by Gasteiger charge is 2.41. The molecule has 0 aromatic rings. The van der Waals surface area contributed by atoms with Gasteiger partial charge in [0.15, 0.2) is 0 Å². The average Bonchev–Trinajstić information content (AvgIpc) is 2.96. The Kier molecular flexibility index (Phi) is 17.6. The number of hydrogen-bond donors (Lipinski definition) is 3. The van der Waals surface area contributed by atoms with E-state index < -0.39 is 24.4 Å². The van der Waals surface area contributed by atoms with Crippen LogP contribution in [-0.2, 0) is 23.7 Å².